The summed E-state index contributed by atoms with van der Waals surface area (Å²) in [6.45, 7) is 1.51. The van der Waals surface area contributed by atoms with Crippen LogP contribution in [0.15, 0.2) is 106 Å². The third kappa shape index (κ3) is 6.13. The van der Waals surface area contributed by atoms with Crippen molar-refractivity contribution >= 4 is 34.1 Å². The van der Waals surface area contributed by atoms with Gasteiger partial charge < -0.3 is 28.6 Å². The molecule has 5 aromatic rings. The summed E-state index contributed by atoms with van der Waals surface area (Å²) in [5, 5.41) is 11.8. The summed E-state index contributed by atoms with van der Waals surface area (Å²) < 4.78 is 25.5. The minimum Gasteiger partial charge on any atom is -0.493 e. The van der Waals surface area contributed by atoms with E-state index >= 15 is 0 Å². The van der Waals surface area contributed by atoms with Crippen LogP contribution in [0.5, 0.6) is 23.1 Å². The number of aryl methyl sites for hydroxylation is 2. The maximum Gasteiger partial charge on any atom is 0.310 e. The second-order valence-corrected chi connectivity index (χ2v) is 11.8. The predicted octanol–water partition coefficient (Wildman–Crippen LogP) is 7.31. The maximum absolute atomic E-state index is 12.5. The Balaban J connectivity index is 1.10. The van der Waals surface area contributed by atoms with E-state index in [1.54, 1.807) is 12.2 Å². The number of para-hydroxylation sites is 2. The molecule has 0 radical (unpaired) electrons. The van der Waals surface area contributed by atoms with E-state index in [1.807, 2.05) is 72.8 Å². The lowest BCUT2D eigenvalue weighted by molar-refractivity contribution is 0.286. The van der Waals surface area contributed by atoms with E-state index in [4.69, 9.17) is 18.6 Å². The molecule has 8 nitrogen and oxygen atoms in total. The van der Waals surface area contributed by atoms with Crippen molar-refractivity contribution in [3.8, 4) is 23.1 Å². The number of nitrogens with zero attached hydrogens (tertiary/aromatic N) is 2. The Bertz CT molecular complexity index is 1970. The summed E-state index contributed by atoms with van der Waals surface area (Å²) >= 11 is 0.957. The molecule has 1 N–H and O–H groups in total. The van der Waals surface area contributed by atoms with Crippen molar-refractivity contribution < 1.29 is 23.7 Å². The number of thiazole rings is 1. The molecular weight excluding hydrogens is 588 g/mol. The van der Waals surface area contributed by atoms with Crippen LogP contribution in [0.2, 0.25) is 0 Å². The molecule has 9 heteroatoms. The standard InChI is InChI=1S/C36H32N2O6S/c39-35-33(45-36(40)38(35)20-22-42-26-13-5-2-6-14-26)17-9-10-18-34-37(19-21-41-25-11-3-1-4-12-25)29-23-28-27-15-7-8-16-30(27)43-31(28)24-32(29)44-34/h1-6,10-14,17-18,23-24,39H,7-8,15-16,19-22H2. The Morgan fingerprint density at radius 2 is 1.64 bits per heavy atom. The number of anilines is 1. The molecular formula is C36H32N2O6S. The zero-order chi connectivity index (χ0) is 30.6. The highest BCUT2D eigenvalue weighted by Crippen LogP contribution is 2.44. The molecule has 45 heavy (non-hydrogen) atoms. The van der Waals surface area contributed by atoms with Crippen molar-refractivity contribution in [2.75, 3.05) is 24.7 Å². The van der Waals surface area contributed by atoms with Crippen molar-refractivity contribution in [3.63, 3.8) is 0 Å². The van der Waals surface area contributed by atoms with Crippen LogP contribution in [0, 0.1) is 0 Å². The van der Waals surface area contributed by atoms with E-state index in [1.165, 1.54) is 16.6 Å². The van der Waals surface area contributed by atoms with Gasteiger partial charge in [-0.05, 0) is 55.7 Å². The number of aromatic hydroxyl groups is 1. The smallest absolute Gasteiger partial charge is 0.310 e. The van der Waals surface area contributed by atoms with Gasteiger partial charge in [0.05, 0.1) is 18.8 Å². The number of furan rings is 1. The number of fused-ring (bicyclic) bond motifs is 4. The third-order valence-electron chi connectivity index (χ3n) is 7.89. The molecule has 1 aliphatic carbocycles. The van der Waals surface area contributed by atoms with Crippen LogP contribution in [-0.2, 0) is 19.4 Å². The first-order chi connectivity index (χ1) is 22.1. The quantitative estimate of drug-likeness (QED) is 0.164. The van der Waals surface area contributed by atoms with Crippen molar-refractivity contribution in [2.45, 2.75) is 32.2 Å². The average molecular weight is 621 g/mol. The van der Waals surface area contributed by atoms with Crippen LogP contribution in [0.1, 0.15) is 29.0 Å². The summed E-state index contributed by atoms with van der Waals surface area (Å²) in [6.07, 6.45) is 9.45. The highest BCUT2D eigenvalue weighted by molar-refractivity contribution is 7.10. The van der Waals surface area contributed by atoms with Gasteiger partial charge in [-0.25, -0.2) is 0 Å². The Morgan fingerprint density at radius 3 is 2.40 bits per heavy atom. The monoisotopic (exact) mass is 620 g/mol. The van der Waals surface area contributed by atoms with Crippen molar-refractivity contribution in [1.29, 1.82) is 0 Å². The number of ether oxygens (including phenoxy) is 3. The topological polar surface area (TPSA) is 86.3 Å². The zero-order valence-corrected chi connectivity index (χ0v) is 25.4. The SMILES string of the molecule is O=c1sc(C=C=CC=C2Oc3cc4oc5c(c4cc3N2CCOc2ccccc2)CCCC5)c(O)n1CCOc1ccccc1. The van der Waals surface area contributed by atoms with Crippen LogP contribution in [0.4, 0.5) is 5.69 Å². The fourth-order valence-corrected chi connectivity index (χ4v) is 6.51. The number of hydrogen-bond donors (Lipinski definition) is 1. The number of rotatable bonds is 10. The molecule has 0 unspecified atom stereocenters. The van der Waals surface area contributed by atoms with E-state index in [9.17, 15) is 9.90 Å². The summed E-state index contributed by atoms with van der Waals surface area (Å²) in [5.41, 5.74) is 6.19. The lowest BCUT2D eigenvalue weighted by Gasteiger charge is -2.18. The number of aromatic nitrogens is 1. The first-order valence-corrected chi connectivity index (χ1v) is 15.9. The third-order valence-corrected chi connectivity index (χ3v) is 8.81. The summed E-state index contributed by atoms with van der Waals surface area (Å²) in [6, 6.07) is 23.2. The van der Waals surface area contributed by atoms with Crippen LogP contribution in [-0.4, -0.2) is 29.4 Å². The van der Waals surface area contributed by atoms with Gasteiger partial charge in [0.15, 0.2) is 5.75 Å². The molecule has 2 aromatic heterocycles. The van der Waals surface area contributed by atoms with Crippen LogP contribution in [0.25, 0.3) is 17.0 Å². The number of benzene rings is 3. The lowest BCUT2D eigenvalue weighted by Crippen LogP contribution is -2.25. The fraction of sp³-hybridized carbons (Fsp3) is 0.222. The van der Waals surface area contributed by atoms with Gasteiger partial charge in [0.1, 0.15) is 40.9 Å². The molecule has 0 saturated carbocycles. The molecule has 0 atom stereocenters. The van der Waals surface area contributed by atoms with E-state index in [0.717, 1.165) is 64.5 Å². The highest BCUT2D eigenvalue weighted by Gasteiger charge is 2.29. The van der Waals surface area contributed by atoms with Crippen molar-refractivity contribution in [1.82, 2.24) is 4.57 Å². The van der Waals surface area contributed by atoms with Gasteiger partial charge >= 0.3 is 4.87 Å². The molecule has 3 heterocycles. The van der Waals surface area contributed by atoms with E-state index in [-0.39, 0.29) is 23.9 Å². The largest absolute Gasteiger partial charge is 0.493 e. The second-order valence-electron chi connectivity index (χ2n) is 10.8. The minimum atomic E-state index is -0.263. The van der Waals surface area contributed by atoms with Crippen LogP contribution in [0.3, 0.4) is 0 Å². The van der Waals surface area contributed by atoms with Gasteiger partial charge in [0.25, 0.3) is 0 Å². The first kappa shape index (κ1) is 28.6. The Kier molecular flexibility index (Phi) is 8.19. The average Bonchev–Trinajstić information content (AvgIpc) is 3.69. The lowest BCUT2D eigenvalue weighted by atomic mass is 9.96. The van der Waals surface area contributed by atoms with E-state index < -0.39 is 0 Å². The van der Waals surface area contributed by atoms with Crippen LogP contribution >= 0.6 is 11.3 Å². The molecule has 2 aliphatic rings. The predicted molar refractivity (Wildman–Crippen MR) is 176 cm³/mol. The van der Waals surface area contributed by atoms with Crippen molar-refractivity contribution in [3.05, 3.63) is 122 Å². The molecule has 0 spiro atoms. The summed E-state index contributed by atoms with van der Waals surface area (Å²) in [4.78, 5) is 14.8. The molecule has 228 valence electrons. The number of hydrogen-bond acceptors (Lipinski definition) is 8. The minimum absolute atomic E-state index is 0.106. The van der Waals surface area contributed by atoms with E-state index in [2.05, 4.69) is 16.7 Å². The zero-order valence-electron chi connectivity index (χ0n) is 24.6. The number of allylic oxidation sites excluding steroid dienone is 2. The molecule has 1 aliphatic heterocycles. The van der Waals surface area contributed by atoms with Gasteiger partial charge in [-0.15, -0.1) is 5.73 Å². The molecule has 7 rings (SSSR count). The van der Waals surface area contributed by atoms with Gasteiger partial charge in [0, 0.05) is 35.6 Å². The molecule has 0 fully saturated rings. The van der Waals surface area contributed by atoms with Crippen molar-refractivity contribution in [2.24, 2.45) is 0 Å². The maximum atomic E-state index is 12.5. The molecule has 0 saturated heterocycles. The van der Waals surface area contributed by atoms with E-state index in [0.29, 0.717) is 29.7 Å². The highest BCUT2D eigenvalue weighted by atomic mass is 32.1. The second kappa shape index (κ2) is 12.9. The molecule has 0 amide bonds. The molecule has 0 bridgehead atoms. The van der Waals surface area contributed by atoms with Gasteiger partial charge in [-0.1, -0.05) is 47.7 Å². The Morgan fingerprint density at radius 1 is 0.933 bits per heavy atom. The normalized spacial score (nSPS) is 14.5. The fourth-order valence-electron chi connectivity index (χ4n) is 5.70. The van der Waals surface area contributed by atoms with Crippen LogP contribution < -0.4 is 24.0 Å². The Hall–Kier alpha value is -5.11. The summed E-state index contributed by atoms with van der Waals surface area (Å²) in [7, 11) is 0. The van der Waals surface area contributed by atoms with Gasteiger partial charge in [0.2, 0.25) is 11.8 Å². The van der Waals surface area contributed by atoms with Gasteiger partial charge in [-0.3, -0.25) is 9.36 Å². The van der Waals surface area contributed by atoms with Gasteiger partial charge in [-0.2, -0.15) is 0 Å². The molecule has 3 aromatic carbocycles. The Labute approximate surface area is 264 Å². The first-order valence-electron chi connectivity index (χ1n) is 15.1. The summed E-state index contributed by atoms with van der Waals surface area (Å²) in [5.74, 6) is 3.85.